The molecule has 1 heterocycles. The molecule has 4 nitrogen and oxygen atoms in total. The summed E-state index contributed by atoms with van der Waals surface area (Å²) in [6.45, 7) is 5.61. The highest BCUT2D eigenvalue weighted by Gasteiger charge is 2.32. The quantitative estimate of drug-likeness (QED) is 0.733. The Labute approximate surface area is 111 Å². The summed E-state index contributed by atoms with van der Waals surface area (Å²) < 4.78 is 19.4. The summed E-state index contributed by atoms with van der Waals surface area (Å²) >= 11 is 0. The van der Waals surface area contributed by atoms with Gasteiger partial charge in [-0.1, -0.05) is 6.07 Å². The van der Waals surface area contributed by atoms with Crippen LogP contribution in [0.2, 0.25) is 0 Å². The summed E-state index contributed by atoms with van der Waals surface area (Å²) in [6.07, 6.45) is 0.416. The first-order chi connectivity index (χ1) is 8.83. The number of carbonyl (C=O) groups excluding carboxylic acids is 2. The standard InChI is InChI=1S/C14H16FNO3/c1-14(2,3)19-13(18)16-7-6-9-4-5-10(8-17)11(15)12(9)16/h4-5,8H,6-7H2,1-3H3. The Morgan fingerprint density at radius 1 is 1.42 bits per heavy atom. The molecular formula is C14H16FNO3. The van der Waals surface area contributed by atoms with E-state index in [1.807, 2.05) is 0 Å². The van der Waals surface area contributed by atoms with Crippen molar-refractivity contribution in [3.05, 3.63) is 29.1 Å². The van der Waals surface area contributed by atoms with Crippen LogP contribution in [0.25, 0.3) is 0 Å². The predicted molar refractivity (Wildman–Crippen MR) is 69.1 cm³/mol. The molecule has 0 spiro atoms. The molecule has 0 atom stereocenters. The van der Waals surface area contributed by atoms with Crippen LogP contribution in [-0.4, -0.2) is 24.5 Å². The summed E-state index contributed by atoms with van der Waals surface area (Å²) in [6, 6.07) is 3.10. The minimum atomic E-state index is -0.657. The van der Waals surface area contributed by atoms with Crippen molar-refractivity contribution in [1.29, 1.82) is 0 Å². The average molecular weight is 265 g/mol. The zero-order valence-corrected chi connectivity index (χ0v) is 11.2. The number of hydrogen-bond donors (Lipinski definition) is 0. The molecule has 1 amide bonds. The summed E-state index contributed by atoms with van der Waals surface area (Å²) in [4.78, 5) is 24.0. The number of anilines is 1. The zero-order valence-electron chi connectivity index (χ0n) is 11.2. The molecule has 0 N–H and O–H groups in total. The molecule has 0 saturated heterocycles. The summed E-state index contributed by atoms with van der Waals surface area (Å²) in [7, 11) is 0. The molecule has 1 aromatic rings. The lowest BCUT2D eigenvalue weighted by Crippen LogP contribution is -2.36. The Bertz CT molecular complexity index is 534. The van der Waals surface area contributed by atoms with Gasteiger partial charge in [-0.2, -0.15) is 0 Å². The lowest BCUT2D eigenvalue weighted by Gasteiger charge is -2.25. The van der Waals surface area contributed by atoms with E-state index in [2.05, 4.69) is 0 Å². The Morgan fingerprint density at radius 2 is 2.11 bits per heavy atom. The minimum absolute atomic E-state index is 0.0470. The summed E-state index contributed by atoms with van der Waals surface area (Å²) in [5, 5.41) is 0. The van der Waals surface area contributed by atoms with Crippen molar-refractivity contribution in [3.8, 4) is 0 Å². The van der Waals surface area contributed by atoms with Gasteiger partial charge >= 0.3 is 6.09 Å². The fourth-order valence-electron chi connectivity index (χ4n) is 2.05. The first-order valence-electron chi connectivity index (χ1n) is 6.10. The normalized spacial score (nSPS) is 14.2. The fourth-order valence-corrected chi connectivity index (χ4v) is 2.05. The van der Waals surface area contributed by atoms with E-state index in [1.165, 1.54) is 11.0 Å². The van der Waals surface area contributed by atoms with Gasteiger partial charge in [0, 0.05) is 6.54 Å². The molecule has 0 fully saturated rings. The Kier molecular flexibility index (Phi) is 3.30. The summed E-state index contributed by atoms with van der Waals surface area (Å²) in [5.41, 5.74) is 0.195. The molecule has 0 bridgehead atoms. The van der Waals surface area contributed by atoms with Crippen LogP contribution in [0.15, 0.2) is 12.1 Å². The smallest absolute Gasteiger partial charge is 0.414 e. The maximum atomic E-state index is 14.1. The van der Waals surface area contributed by atoms with E-state index in [-0.39, 0.29) is 11.3 Å². The maximum absolute atomic E-state index is 14.1. The van der Waals surface area contributed by atoms with Crippen molar-refractivity contribution >= 4 is 18.1 Å². The molecule has 0 unspecified atom stereocenters. The third kappa shape index (κ3) is 2.59. The van der Waals surface area contributed by atoms with Crippen molar-refractivity contribution in [2.75, 3.05) is 11.4 Å². The molecule has 1 aliphatic heterocycles. The monoisotopic (exact) mass is 265 g/mol. The number of carbonyl (C=O) groups is 2. The van der Waals surface area contributed by atoms with Crippen LogP contribution in [-0.2, 0) is 11.2 Å². The molecule has 102 valence electrons. The van der Waals surface area contributed by atoms with E-state index in [4.69, 9.17) is 4.74 Å². The number of halogens is 1. The van der Waals surface area contributed by atoms with E-state index >= 15 is 0 Å². The largest absolute Gasteiger partial charge is 0.443 e. The van der Waals surface area contributed by atoms with Gasteiger partial charge in [0.25, 0.3) is 0 Å². The number of aldehydes is 1. The van der Waals surface area contributed by atoms with Gasteiger partial charge in [-0.15, -0.1) is 0 Å². The second-order valence-electron chi connectivity index (χ2n) is 5.48. The van der Waals surface area contributed by atoms with Crippen LogP contribution in [0.3, 0.4) is 0 Å². The maximum Gasteiger partial charge on any atom is 0.414 e. The number of rotatable bonds is 1. The number of benzene rings is 1. The third-order valence-electron chi connectivity index (χ3n) is 2.85. The van der Waals surface area contributed by atoms with Crippen LogP contribution in [0.1, 0.15) is 36.7 Å². The average Bonchev–Trinajstić information content (AvgIpc) is 2.72. The molecule has 0 saturated carbocycles. The van der Waals surface area contributed by atoms with Gasteiger partial charge in [0.2, 0.25) is 0 Å². The van der Waals surface area contributed by atoms with Crippen molar-refractivity contribution in [1.82, 2.24) is 0 Å². The number of nitrogens with zero attached hydrogens (tertiary/aromatic N) is 1. The third-order valence-corrected chi connectivity index (χ3v) is 2.85. The van der Waals surface area contributed by atoms with Gasteiger partial charge in [0.1, 0.15) is 5.60 Å². The lowest BCUT2D eigenvalue weighted by atomic mass is 10.1. The second kappa shape index (κ2) is 4.64. The topological polar surface area (TPSA) is 46.6 Å². The molecule has 0 aliphatic carbocycles. The van der Waals surface area contributed by atoms with Crippen molar-refractivity contribution in [2.24, 2.45) is 0 Å². The number of amides is 1. The van der Waals surface area contributed by atoms with E-state index in [1.54, 1.807) is 26.8 Å². The molecule has 0 aromatic heterocycles. The van der Waals surface area contributed by atoms with Crippen molar-refractivity contribution < 1.29 is 18.7 Å². The van der Waals surface area contributed by atoms with Crippen LogP contribution in [0.4, 0.5) is 14.9 Å². The Balaban J connectivity index is 2.36. The number of ether oxygens (including phenoxy) is 1. The van der Waals surface area contributed by atoms with Crippen LogP contribution >= 0.6 is 0 Å². The Hall–Kier alpha value is -1.91. The van der Waals surface area contributed by atoms with E-state index < -0.39 is 17.5 Å². The van der Waals surface area contributed by atoms with Crippen LogP contribution < -0.4 is 4.90 Å². The van der Waals surface area contributed by atoms with E-state index in [0.29, 0.717) is 24.8 Å². The van der Waals surface area contributed by atoms with Gasteiger partial charge in [0.05, 0.1) is 11.3 Å². The van der Waals surface area contributed by atoms with Gasteiger partial charge in [-0.3, -0.25) is 9.69 Å². The minimum Gasteiger partial charge on any atom is -0.443 e. The molecule has 19 heavy (non-hydrogen) atoms. The lowest BCUT2D eigenvalue weighted by molar-refractivity contribution is 0.0582. The van der Waals surface area contributed by atoms with Crippen molar-refractivity contribution in [3.63, 3.8) is 0 Å². The molecule has 1 aliphatic rings. The van der Waals surface area contributed by atoms with Gasteiger partial charge in [-0.25, -0.2) is 9.18 Å². The van der Waals surface area contributed by atoms with Gasteiger partial charge in [0.15, 0.2) is 12.1 Å². The van der Waals surface area contributed by atoms with Crippen LogP contribution in [0.5, 0.6) is 0 Å². The Morgan fingerprint density at radius 3 is 2.68 bits per heavy atom. The van der Waals surface area contributed by atoms with Crippen molar-refractivity contribution in [2.45, 2.75) is 32.8 Å². The number of hydrogen-bond acceptors (Lipinski definition) is 3. The molecule has 5 heteroatoms. The van der Waals surface area contributed by atoms with Crippen LogP contribution in [0, 0.1) is 5.82 Å². The highest BCUT2D eigenvalue weighted by Crippen LogP contribution is 2.33. The van der Waals surface area contributed by atoms with Gasteiger partial charge in [-0.05, 0) is 38.8 Å². The predicted octanol–water partition coefficient (Wildman–Crippen LogP) is 2.94. The molecular weight excluding hydrogens is 249 g/mol. The number of fused-ring (bicyclic) bond motifs is 1. The first-order valence-corrected chi connectivity index (χ1v) is 6.10. The zero-order chi connectivity index (χ0) is 14.2. The van der Waals surface area contributed by atoms with E-state index in [9.17, 15) is 14.0 Å². The summed E-state index contributed by atoms with van der Waals surface area (Å²) in [5.74, 6) is -0.657. The molecule has 0 radical (unpaired) electrons. The van der Waals surface area contributed by atoms with E-state index in [0.717, 1.165) is 0 Å². The molecule has 1 aromatic carbocycles. The SMILES string of the molecule is CC(C)(C)OC(=O)N1CCc2ccc(C=O)c(F)c21. The fraction of sp³-hybridized carbons (Fsp3) is 0.429. The highest BCUT2D eigenvalue weighted by molar-refractivity contribution is 5.92. The second-order valence-corrected chi connectivity index (χ2v) is 5.48. The first kappa shape index (κ1) is 13.5. The van der Waals surface area contributed by atoms with Gasteiger partial charge < -0.3 is 4.74 Å². The highest BCUT2D eigenvalue weighted by atomic mass is 19.1. The molecule has 2 rings (SSSR count).